The van der Waals surface area contributed by atoms with Crippen LogP contribution >= 0.6 is 0 Å². The molecule has 0 aliphatic carbocycles. The minimum atomic E-state index is 0.0483. The summed E-state index contributed by atoms with van der Waals surface area (Å²) in [5, 5.41) is 0. The molecular weight excluding hydrogens is 677 g/mol. The highest BCUT2D eigenvalue weighted by Gasteiger charge is 2.45. The van der Waals surface area contributed by atoms with Gasteiger partial charge in [-0.15, -0.1) is 0 Å². The fourth-order valence-electron chi connectivity index (χ4n) is 9.29. The molecule has 2 heterocycles. The fourth-order valence-corrected chi connectivity index (χ4v) is 9.29. The summed E-state index contributed by atoms with van der Waals surface area (Å²) in [5.74, 6) is 0. The Morgan fingerprint density at radius 2 is 0.946 bits per heavy atom. The molecular formula is C52H50BN3. The van der Waals surface area contributed by atoms with Crippen LogP contribution in [0.3, 0.4) is 0 Å². The van der Waals surface area contributed by atoms with E-state index in [1.165, 1.54) is 95.1 Å². The highest BCUT2D eigenvalue weighted by Crippen LogP contribution is 2.50. The number of benzene rings is 7. The predicted octanol–water partition coefficient (Wildman–Crippen LogP) is 12.4. The normalized spacial score (nSPS) is 13.0. The van der Waals surface area contributed by atoms with Gasteiger partial charge >= 0.3 is 0 Å². The predicted molar refractivity (Wildman–Crippen MR) is 242 cm³/mol. The molecule has 0 radical (unpaired) electrons. The van der Waals surface area contributed by atoms with Crippen LogP contribution in [0.1, 0.15) is 59.7 Å². The van der Waals surface area contributed by atoms with E-state index in [0.29, 0.717) is 0 Å². The Bertz CT molecular complexity index is 2540. The van der Waals surface area contributed by atoms with Gasteiger partial charge in [-0.25, -0.2) is 0 Å². The molecule has 3 nitrogen and oxygen atoms in total. The van der Waals surface area contributed by atoms with E-state index in [0.717, 1.165) is 11.4 Å². The molecule has 276 valence electrons. The average molecular weight is 728 g/mol. The molecule has 0 atom stereocenters. The van der Waals surface area contributed by atoms with Crippen molar-refractivity contribution in [2.75, 3.05) is 14.7 Å². The summed E-state index contributed by atoms with van der Waals surface area (Å²) in [5.41, 5.74) is 23.7. The number of anilines is 9. The number of nitrogens with zero attached hydrogens (tertiary/aromatic N) is 3. The molecule has 7 aromatic carbocycles. The summed E-state index contributed by atoms with van der Waals surface area (Å²) >= 11 is 0. The zero-order valence-electron chi connectivity index (χ0n) is 34.2. The third-order valence-corrected chi connectivity index (χ3v) is 12.1. The first-order valence-electron chi connectivity index (χ1n) is 20.0. The van der Waals surface area contributed by atoms with Gasteiger partial charge in [0.1, 0.15) is 0 Å². The molecule has 2 aliphatic rings. The molecule has 0 amide bonds. The first-order valence-corrected chi connectivity index (χ1v) is 20.0. The van der Waals surface area contributed by atoms with Gasteiger partial charge < -0.3 is 14.7 Å². The topological polar surface area (TPSA) is 9.72 Å². The second-order valence-corrected chi connectivity index (χ2v) is 17.0. The van der Waals surface area contributed by atoms with Gasteiger partial charge in [-0.05, 0) is 139 Å². The van der Waals surface area contributed by atoms with Crippen molar-refractivity contribution in [3.05, 3.63) is 178 Å². The zero-order chi connectivity index (χ0) is 39.0. The Labute approximate surface area is 334 Å². The Hall–Kier alpha value is -6.00. The maximum Gasteiger partial charge on any atom is 0.252 e. The lowest BCUT2D eigenvalue weighted by molar-refractivity contribution is 0.590. The number of hydrogen-bond donors (Lipinski definition) is 0. The van der Waals surface area contributed by atoms with Crippen LogP contribution in [-0.2, 0) is 5.41 Å². The maximum absolute atomic E-state index is 2.57. The Kier molecular flexibility index (Phi) is 8.50. The Balaban J connectivity index is 1.44. The molecule has 9 rings (SSSR count). The largest absolute Gasteiger partial charge is 0.311 e. The van der Waals surface area contributed by atoms with Gasteiger partial charge in [-0.2, -0.15) is 0 Å². The third-order valence-electron chi connectivity index (χ3n) is 12.1. The fraction of sp³-hybridized carbons (Fsp3) is 0.192. The molecule has 0 bridgehead atoms. The van der Waals surface area contributed by atoms with Gasteiger partial charge in [0, 0.05) is 45.5 Å². The van der Waals surface area contributed by atoms with Gasteiger partial charge in [0.15, 0.2) is 0 Å². The first kappa shape index (κ1) is 35.7. The van der Waals surface area contributed by atoms with Gasteiger partial charge in [0.05, 0.1) is 5.69 Å². The molecule has 0 saturated heterocycles. The van der Waals surface area contributed by atoms with Crippen LogP contribution in [0.2, 0.25) is 0 Å². The molecule has 4 heteroatoms. The molecule has 7 aromatic rings. The summed E-state index contributed by atoms with van der Waals surface area (Å²) in [6, 6.07) is 52.5. The molecule has 0 N–H and O–H groups in total. The highest BCUT2D eigenvalue weighted by atomic mass is 15.2. The molecule has 0 spiro atoms. The van der Waals surface area contributed by atoms with Crippen LogP contribution in [0.5, 0.6) is 0 Å². The molecule has 0 saturated carbocycles. The standard InChI is InChI=1S/C52H50BN3/c1-33-24-29-46(38(6)30-33)54(40-27-25-39(26-28-40)52(7,8)9)41-31-47-49-48(32-41)56(45-23-13-11-17-35(45)3)51-37(5)19-15-21-43(51)53(49)42-20-14-18-36(4)50(42)55(47)44-22-12-10-16-34(44)2/h10-32H,1-9H3. The second kappa shape index (κ2) is 13.3. The minimum absolute atomic E-state index is 0.0483. The summed E-state index contributed by atoms with van der Waals surface area (Å²) in [7, 11) is 0. The van der Waals surface area contributed by atoms with Crippen molar-refractivity contribution in [3.8, 4) is 0 Å². The van der Waals surface area contributed by atoms with Crippen LogP contribution in [0.4, 0.5) is 51.2 Å². The summed E-state index contributed by atoms with van der Waals surface area (Å²) in [4.78, 5) is 7.62. The van der Waals surface area contributed by atoms with E-state index in [2.05, 4.69) is 217 Å². The van der Waals surface area contributed by atoms with Crippen molar-refractivity contribution in [1.29, 1.82) is 0 Å². The maximum atomic E-state index is 2.57. The summed E-state index contributed by atoms with van der Waals surface area (Å²) < 4.78 is 0. The molecule has 0 aromatic heterocycles. The molecule has 0 unspecified atom stereocenters. The van der Waals surface area contributed by atoms with E-state index >= 15 is 0 Å². The van der Waals surface area contributed by atoms with Crippen molar-refractivity contribution in [3.63, 3.8) is 0 Å². The van der Waals surface area contributed by atoms with Crippen molar-refractivity contribution < 1.29 is 0 Å². The number of para-hydroxylation sites is 4. The van der Waals surface area contributed by atoms with Gasteiger partial charge in [0.25, 0.3) is 6.71 Å². The zero-order valence-corrected chi connectivity index (χ0v) is 34.2. The van der Waals surface area contributed by atoms with Gasteiger partial charge in [0.2, 0.25) is 0 Å². The second-order valence-electron chi connectivity index (χ2n) is 17.0. The van der Waals surface area contributed by atoms with Crippen molar-refractivity contribution in [2.45, 2.75) is 67.7 Å². The van der Waals surface area contributed by atoms with Gasteiger partial charge in [-0.1, -0.05) is 123 Å². The molecule has 0 fully saturated rings. The lowest BCUT2D eigenvalue weighted by Gasteiger charge is -2.46. The van der Waals surface area contributed by atoms with E-state index in [1.807, 2.05) is 0 Å². The van der Waals surface area contributed by atoms with Crippen molar-refractivity contribution in [2.24, 2.45) is 0 Å². The van der Waals surface area contributed by atoms with E-state index in [9.17, 15) is 0 Å². The van der Waals surface area contributed by atoms with Crippen LogP contribution in [0.15, 0.2) is 140 Å². The van der Waals surface area contributed by atoms with Crippen LogP contribution < -0.4 is 31.1 Å². The highest BCUT2D eigenvalue weighted by molar-refractivity contribution is 7.00. The lowest BCUT2D eigenvalue weighted by Crippen LogP contribution is -2.61. The van der Waals surface area contributed by atoms with E-state index in [-0.39, 0.29) is 12.1 Å². The Morgan fingerprint density at radius 1 is 0.446 bits per heavy atom. The third kappa shape index (κ3) is 5.65. The SMILES string of the molecule is Cc1ccc(N(c2ccc(C(C)(C)C)cc2)c2cc3c4c(c2)N(c2ccccc2C)c2c(C)cccc2B4c2cccc(C)c2N3c2ccccc2C)c(C)c1. The average Bonchev–Trinajstić information content (AvgIpc) is 3.17. The smallest absolute Gasteiger partial charge is 0.252 e. The molecule has 2 aliphatic heterocycles. The minimum Gasteiger partial charge on any atom is -0.311 e. The van der Waals surface area contributed by atoms with Crippen molar-refractivity contribution in [1.82, 2.24) is 0 Å². The van der Waals surface area contributed by atoms with Gasteiger partial charge in [-0.3, -0.25) is 0 Å². The number of rotatable bonds is 5. The first-order chi connectivity index (χ1) is 26.9. The van der Waals surface area contributed by atoms with E-state index < -0.39 is 0 Å². The van der Waals surface area contributed by atoms with E-state index in [4.69, 9.17) is 0 Å². The van der Waals surface area contributed by atoms with Crippen LogP contribution in [0.25, 0.3) is 0 Å². The van der Waals surface area contributed by atoms with Crippen LogP contribution in [-0.4, -0.2) is 6.71 Å². The van der Waals surface area contributed by atoms with Crippen molar-refractivity contribution >= 4 is 74.3 Å². The number of fused-ring (bicyclic) bond motifs is 4. The monoisotopic (exact) mass is 727 g/mol. The van der Waals surface area contributed by atoms with E-state index in [1.54, 1.807) is 0 Å². The summed E-state index contributed by atoms with van der Waals surface area (Å²) in [6.07, 6.45) is 0. The molecule has 56 heavy (non-hydrogen) atoms. The number of aryl methyl sites for hydroxylation is 6. The summed E-state index contributed by atoms with van der Waals surface area (Å²) in [6.45, 7) is 20.4. The number of hydrogen-bond acceptors (Lipinski definition) is 3. The van der Waals surface area contributed by atoms with Crippen LogP contribution in [0, 0.1) is 41.5 Å². The Morgan fingerprint density at radius 3 is 1.43 bits per heavy atom. The lowest BCUT2D eigenvalue weighted by atomic mass is 9.33. The quantitative estimate of drug-likeness (QED) is 0.163.